The van der Waals surface area contributed by atoms with Gasteiger partial charge in [-0.3, -0.25) is 9.48 Å². The van der Waals surface area contributed by atoms with Crippen molar-refractivity contribution in [1.82, 2.24) is 20.4 Å². The molecule has 2 N–H and O–H groups in total. The lowest BCUT2D eigenvalue weighted by Crippen LogP contribution is -2.43. The van der Waals surface area contributed by atoms with Crippen LogP contribution in [0.4, 0.5) is 0 Å². The van der Waals surface area contributed by atoms with Gasteiger partial charge in [0, 0.05) is 30.1 Å². The SMILES string of the molecule is CCC(CC)(CNC(=O)C(NC)c1cnn(C)c1)SC. The van der Waals surface area contributed by atoms with E-state index >= 15 is 0 Å². The average Bonchev–Trinajstić information content (AvgIpc) is 2.88. The first-order chi connectivity index (χ1) is 9.51. The van der Waals surface area contributed by atoms with Crippen molar-refractivity contribution < 1.29 is 4.79 Å². The summed E-state index contributed by atoms with van der Waals surface area (Å²) in [6.45, 7) is 5.03. The molecule has 114 valence electrons. The molecular formula is C14H26N4OS. The zero-order chi connectivity index (χ0) is 15.2. The van der Waals surface area contributed by atoms with E-state index in [0.717, 1.165) is 18.4 Å². The van der Waals surface area contributed by atoms with E-state index < -0.39 is 0 Å². The summed E-state index contributed by atoms with van der Waals surface area (Å²) in [6.07, 6.45) is 7.78. The summed E-state index contributed by atoms with van der Waals surface area (Å²) in [6, 6.07) is -0.350. The van der Waals surface area contributed by atoms with Gasteiger partial charge in [-0.2, -0.15) is 16.9 Å². The maximum Gasteiger partial charge on any atom is 0.241 e. The van der Waals surface area contributed by atoms with Gasteiger partial charge in [-0.05, 0) is 26.1 Å². The summed E-state index contributed by atoms with van der Waals surface area (Å²) in [5.74, 6) is 0.000764. The number of aromatic nitrogens is 2. The summed E-state index contributed by atoms with van der Waals surface area (Å²) in [5, 5.41) is 10.2. The molecule has 0 fully saturated rings. The molecule has 0 saturated carbocycles. The molecule has 0 aliphatic rings. The smallest absolute Gasteiger partial charge is 0.241 e. The van der Waals surface area contributed by atoms with Gasteiger partial charge in [0.1, 0.15) is 6.04 Å². The normalized spacial score (nSPS) is 13.2. The highest BCUT2D eigenvalue weighted by atomic mass is 32.2. The van der Waals surface area contributed by atoms with Crippen LogP contribution in [0.25, 0.3) is 0 Å². The molecule has 0 aromatic carbocycles. The molecule has 20 heavy (non-hydrogen) atoms. The molecule has 5 nitrogen and oxygen atoms in total. The van der Waals surface area contributed by atoms with Gasteiger partial charge in [-0.1, -0.05) is 13.8 Å². The molecule has 1 rings (SSSR count). The molecule has 1 amide bonds. The van der Waals surface area contributed by atoms with Crippen molar-refractivity contribution in [2.75, 3.05) is 19.8 Å². The highest BCUT2D eigenvalue weighted by Crippen LogP contribution is 2.29. The number of aryl methyl sites for hydroxylation is 1. The lowest BCUT2D eigenvalue weighted by Gasteiger charge is -2.30. The zero-order valence-electron chi connectivity index (χ0n) is 13.1. The van der Waals surface area contributed by atoms with E-state index in [1.165, 1.54) is 0 Å². The third-order valence-electron chi connectivity index (χ3n) is 3.92. The first kappa shape index (κ1) is 17.0. The van der Waals surface area contributed by atoms with Crippen LogP contribution >= 0.6 is 11.8 Å². The van der Waals surface area contributed by atoms with Crippen molar-refractivity contribution in [3.05, 3.63) is 18.0 Å². The lowest BCUT2D eigenvalue weighted by atomic mass is 10.0. The highest BCUT2D eigenvalue weighted by Gasteiger charge is 2.27. The van der Waals surface area contributed by atoms with Crippen molar-refractivity contribution in [3.8, 4) is 0 Å². The Kier molecular flexibility index (Phi) is 6.55. The van der Waals surface area contributed by atoms with Crippen LogP contribution in [-0.2, 0) is 11.8 Å². The summed E-state index contributed by atoms with van der Waals surface area (Å²) in [5.41, 5.74) is 0.884. The number of hydrogen-bond acceptors (Lipinski definition) is 4. The minimum Gasteiger partial charge on any atom is -0.353 e. The standard InChI is InChI=1S/C14H26N4OS/c1-6-14(7-2,20-5)10-16-13(19)12(15-3)11-8-17-18(4)9-11/h8-9,12,15H,6-7,10H2,1-5H3,(H,16,19). The van der Waals surface area contributed by atoms with E-state index in [1.54, 1.807) is 17.9 Å². The van der Waals surface area contributed by atoms with Crippen LogP contribution in [0.5, 0.6) is 0 Å². The summed E-state index contributed by atoms with van der Waals surface area (Å²) in [7, 11) is 3.64. The topological polar surface area (TPSA) is 59.0 Å². The number of nitrogens with one attached hydrogen (secondary N) is 2. The van der Waals surface area contributed by atoms with Crippen LogP contribution in [0.1, 0.15) is 38.3 Å². The van der Waals surface area contributed by atoms with Crippen LogP contribution in [0.3, 0.4) is 0 Å². The van der Waals surface area contributed by atoms with Crippen molar-refractivity contribution in [2.24, 2.45) is 7.05 Å². The Morgan fingerprint density at radius 3 is 2.55 bits per heavy atom. The molecule has 1 unspecified atom stereocenters. The van der Waals surface area contributed by atoms with Crippen LogP contribution in [-0.4, -0.2) is 40.3 Å². The van der Waals surface area contributed by atoms with E-state index in [2.05, 4.69) is 35.8 Å². The average molecular weight is 298 g/mol. The Morgan fingerprint density at radius 2 is 2.15 bits per heavy atom. The summed E-state index contributed by atoms with van der Waals surface area (Å²) < 4.78 is 1.83. The minimum absolute atomic E-state index is 0.000764. The van der Waals surface area contributed by atoms with Gasteiger partial charge in [0.15, 0.2) is 0 Å². The molecule has 1 aromatic rings. The van der Waals surface area contributed by atoms with E-state index in [1.807, 2.05) is 25.0 Å². The van der Waals surface area contributed by atoms with E-state index in [-0.39, 0.29) is 16.7 Å². The molecule has 6 heteroatoms. The first-order valence-corrected chi connectivity index (χ1v) is 8.23. The number of nitrogens with zero attached hydrogens (tertiary/aromatic N) is 2. The monoisotopic (exact) mass is 298 g/mol. The van der Waals surface area contributed by atoms with Gasteiger partial charge in [-0.15, -0.1) is 0 Å². The fourth-order valence-electron chi connectivity index (χ4n) is 2.25. The number of carbonyl (C=O) groups excluding carboxylic acids is 1. The first-order valence-electron chi connectivity index (χ1n) is 7.00. The Hall–Kier alpha value is -1.01. The molecular weight excluding hydrogens is 272 g/mol. The fourth-order valence-corrected chi connectivity index (χ4v) is 3.04. The van der Waals surface area contributed by atoms with E-state index in [9.17, 15) is 4.79 Å². The van der Waals surface area contributed by atoms with Gasteiger partial charge in [0.2, 0.25) is 5.91 Å². The Labute approximate surface area is 125 Å². The van der Waals surface area contributed by atoms with Gasteiger partial charge in [0.25, 0.3) is 0 Å². The molecule has 1 aromatic heterocycles. The number of thioether (sulfide) groups is 1. The van der Waals surface area contributed by atoms with Crippen molar-refractivity contribution in [2.45, 2.75) is 37.5 Å². The maximum atomic E-state index is 12.4. The van der Waals surface area contributed by atoms with E-state index in [4.69, 9.17) is 0 Å². The van der Waals surface area contributed by atoms with Crippen LogP contribution in [0, 0.1) is 0 Å². The second-order valence-electron chi connectivity index (χ2n) is 4.98. The molecule has 1 atom stereocenters. The molecule has 0 spiro atoms. The Balaban J connectivity index is 2.69. The second kappa shape index (κ2) is 7.69. The number of amides is 1. The van der Waals surface area contributed by atoms with Crippen LogP contribution in [0.2, 0.25) is 0 Å². The van der Waals surface area contributed by atoms with Gasteiger partial charge in [0.05, 0.1) is 6.20 Å². The molecule has 0 aliphatic heterocycles. The second-order valence-corrected chi connectivity index (χ2v) is 6.26. The van der Waals surface area contributed by atoms with Crippen LogP contribution < -0.4 is 10.6 Å². The van der Waals surface area contributed by atoms with Crippen LogP contribution in [0.15, 0.2) is 12.4 Å². The number of rotatable bonds is 8. The number of carbonyl (C=O) groups is 1. The molecule has 1 heterocycles. The third kappa shape index (κ3) is 3.99. The third-order valence-corrected chi connectivity index (χ3v) is 5.50. The largest absolute Gasteiger partial charge is 0.353 e. The lowest BCUT2D eigenvalue weighted by molar-refractivity contribution is -0.123. The zero-order valence-corrected chi connectivity index (χ0v) is 13.9. The quantitative estimate of drug-likeness (QED) is 0.767. The Bertz CT molecular complexity index is 420. The molecule has 0 radical (unpaired) electrons. The van der Waals surface area contributed by atoms with E-state index in [0.29, 0.717) is 6.54 Å². The maximum absolute atomic E-state index is 12.4. The van der Waals surface area contributed by atoms with Gasteiger partial charge >= 0.3 is 0 Å². The molecule has 0 saturated heterocycles. The summed E-state index contributed by atoms with van der Waals surface area (Å²) in [4.78, 5) is 12.4. The Morgan fingerprint density at radius 1 is 1.50 bits per heavy atom. The van der Waals surface area contributed by atoms with Crippen molar-refractivity contribution >= 4 is 17.7 Å². The predicted octanol–water partition coefficient (Wildman–Crippen LogP) is 1.72. The molecule has 0 bridgehead atoms. The predicted molar refractivity (Wildman–Crippen MR) is 84.8 cm³/mol. The van der Waals surface area contributed by atoms with Crippen molar-refractivity contribution in [3.63, 3.8) is 0 Å². The van der Waals surface area contributed by atoms with Gasteiger partial charge < -0.3 is 10.6 Å². The summed E-state index contributed by atoms with van der Waals surface area (Å²) >= 11 is 1.83. The number of likely N-dealkylation sites (N-methyl/N-ethyl adjacent to an activating group) is 1. The van der Waals surface area contributed by atoms with Crippen molar-refractivity contribution in [1.29, 1.82) is 0 Å². The van der Waals surface area contributed by atoms with Gasteiger partial charge in [-0.25, -0.2) is 0 Å². The fraction of sp³-hybridized carbons (Fsp3) is 0.714. The number of hydrogen-bond donors (Lipinski definition) is 2. The molecule has 0 aliphatic carbocycles. The minimum atomic E-state index is -0.350. The highest BCUT2D eigenvalue weighted by molar-refractivity contribution is 8.00.